The van der Waals surface area contributed by atoms with Crippen LogP contribution in [0.25, 0.3) is 0 Å². The molecule has 1 aromatic carbocycles. The number of nitrogens with two attached hydrogens (primary N) is 1. The zero-order valence-corrected chi connectivity index (χ0v) is 14.0. The summed E-state index contributed by atoms with van der Waals surface area (Å²) < 4.78 is 0. The molecule has 0 amide bonds. The van der Waals surface area contributed by atoms with Crippen molar-refractivity contribution in [3.63, 3.8) is 0 Å². The van der Waals surface area contributed by atoms with Gasteiger partial charge in [-0.05, 0) is 64.5 Å². The van der Waals surface area contributed by atoms with Gasteiger partial charge >= 0.3 is 0 Å². The van der Waals surface area contributed by atoms with E-state index in [0.717, 1.165) is 0 Å². The summed E-state index contributed by atoms with van der Waals surface area (Å²) in [6.07, 6.45) is 2.50. The smallest absolute Gasteiger partial charge is 0.0498 e. The van der Waals surface area contributed by atoms with E-state index in [2.05, 4.69) is 61.9 Å². The first-order valence-corrected chi connectivity index (χ1v) is 8.30. The normalized spacial score (nSPS) is 20.7. The SMILES string of the molecule is CCN1CCC(N(C)C(c2ccccc2C)C(C)N)CC1. The van der Waals surface area contributed by atoms with E-state index in [1.165, 1.54) is 43.6 Å². The Bertz CT molecular complexity index is 436. The van der Waals surface area contributed by atoms with Gasteiger partial charge in [-0.2, -0.15) is 0 Å². The summed E-state index contributed by atoms with van der Waals surface area (Å²) in [5, 5.41) is 0. The fraction of sp³-hybridized carbons (Fsp3) is 0.667. The lowest BCUT2D eigenvalue weighted by Gasteiger charge is -2.42. The van der Waals surface area contributed by atoms with Gasteiger partial charge in [-0.3, -0.25) is 4.90 Å². The highest BCUT2D eigenvalue weighted by molar-refractivity contribution is 5.30. The third-order valence-corrected chi connectivity index (χ3v) is 5.02. The molecule has 1 aromatic rings. The second-order valence-corrected chi connectivity index (χ2v) is 6.49. The predicted octanol–water partition coefficient (Wildman–Crippen LogP) is 2.80. The molecule has 0 aliphatic carbocycles. The highest BCUT2D eigenvalue weighted by atomic mass is 15.2. The van der Waals surface area contributed by atoms with Crippen molar-refractivity contribution in [3.05, 3.63) is 35.4 Å². The van der Waals surface area contributed by atoms with Gasteiger partial charge in [0, 0.05) is 18.1 Å². The second kappa shape index (κ2) is 7.39. The zero-order chi connectivity index (χ0) is 15.4. The highest BCUT2D eigenvalue weighted by Gasteiger charge is 2.30. The maximum atomic E-state index is 6.35. The average Bonchev–Trinajstić information content (AvgIpc) is 2.49. The Balaban J connectivity index is 2.14. The van der Waals surface area contributed by atoms with Crippen LogP contribution in [-0.2, 0) is 0 Å². The molecule has 0 spiro atoms. The molecule has 2 N–H and O–H groups in total. The van der Waals surface area contributed by atoms with Crippen LogP contribution in [0.2, 0.25) is 0 Å². The number of benzene rings is 1. The van der Waals surface area contributed by atoms with E-state index >= 15 is 0 Å². The van der Waals surface area contributed by atoms with Gasteiger partial charge in [-0.1, -0.05) is 31.2 Å². The van der Waals surface area contributed by atoms with Crippen molar-refractivity contribution in [3.8, 4) is 0 Å². The first-order valence-electron chi connectivity index (χ1n) is 8.30. The molecule has 2 unspecified atom stereocenters. The number of rotatable bonds is 5. The molecule has 1 saturated heterocycles. The van der Waals surface area contributed by atoms with E-state index < -0.39 is 0 Å². The van der Waals surface area contributed by atoms with E-state index in [-0.39, 0.29) is 6.04 Å². The van der Waals surface area contributed by atoms with Crippen molar-refractivity contribution < 1.29 is 0 Å². The molecule has 3 heteroatoms. The summed E-state index contributed by atoms with van der Waals surface area (Å²) in [6.45, 7) is 10.2. The Hall–Kier alpha value is -0.900. The number of piperidine rings is 1. The fourth-order valence-corrected chi connectivity index (χ4v) is 3.66. The van der Waals surface area contributed by atoms with Gasteiger partial charge in [0.2, 0.25) is 0 Å². The van der Waals surface area contributed by atoms with Crippen LogP contribution >= 0.6 is 0 Å². The second-order valence-electron chi connectivity index (χ2n) is 6.49. The van der Waals surface area contributed by atoms with Crippen LogP contribution in [0.1, 0.15) is 43.9 Å². The van der Waals surface area contributed by atoms with Gasteiger partial charge in [0.25, 0.3) is 0 Å². The Morgan fingerprint density at radius 1 is 1.29 bits per heavy atom. The number of nitrogens with zero attached hydrogens (tertiary/aromatic N) is 2. The Labute approximate surface area is 130 Å². The molecular weight excluding hydrogens is 258 g/mol. The standard InChI is InChI=1S/C18H31N3/c1-5-21-12-10-16(11-13-21)20(4)18(15(3)19)17-9-7-6-8-14(17)2/h6-9,15-16,18H,5,10-13,19H2,1-4H3. The summed E-state index contributed by atoms with van der Waals surface area (Å²) in [5.74, 6) is 0. The van der Waals surface area contributed by atoms with Crippen molar-refractivity contribution in [2.75, 3.05) is 26.7 Å². The number of hydrogen-bond donors (Lipinski definition) is 1. The topological polar surface area (TPSA) is 32.5 Å². The summed E-state index contributed by atoms with van der Waals surface area (Å²) in [6, 6.07) is 9.76. The van der Waals surface area contributed by atoms with Crippen LogP contribution in [0.3, 0.4) is 0 Å². The first kappa shape index (κ1) is 16.5. The van der Waals surface area contributed by atoms with Crippen LogP contribution in [0.5, 0.6) is 0 Å². The van der Waals surface area contributed by atoms with E-state index in [1.807, 2.05) is 0 Å². The van der Waals surface area contributed by atoms with E-state index in [9.17, 15) is 0 Å². The molecule has 1 heterocycles. The van der Waals surface area contributed by atoms with Crippen molar-refractivity contribution in [1.29, 1.82) is 0 Å². The third kappa shape index (κ3) is 3.85. The van der Waals surface area contributed by atoms with E-state index in [4.69, 9.17) is 5.73 Å². The zero-order valence-electron chi connectivity index (χ0n) is 14.0. The monoisotopic (exact) mass is 289 g/mol. The molecule has 0 aromatic heterocycles. The lowest BCUT2D eigenvalue weighted by atomic mass is 9.92. The Kier molecular flexibility index (Phi) is 5.80. The van der Waals surface area contributed by atoms with Crippen LogP contribution in [0, 0.1) is 6.92 Å². The average molecular weight is 289 g/mol. The molecule has 1 fully saturated rings. The molecule has 21 heavy (non-hydrogen) atoms. The third-order valence-electron chi connectivity index (χ3n) is 5.02. The molecule has 2 rings (SSSR count). The fourth-order valence-electron chi connectivity index (χ4n) is 3.66. The van der Waals surface area contributed by atoms with Crippen molar-refractivity contribution >= 4 is 0 Å². The lowest BCUT2D eigenvalue weighted by Crippen LogP contribution is -2.48. The van der Waals surface area contributed by atoms with Gasteiger partial charge in [-0.15, -0.1) is 0 Å². The molecule has 0 bridgehead atoms. The summed E-state index contributed by atoms with van der Waals surface area (Å²) in [7, 11) is 2.26. The minimum absolute atomic E-state index is 0.139. The number of likely N-dealkylation sites (tertiary alicyclic amines) is 1. The molecule has 0 radical (unpaired) electrons. The summed E-state index contributed by atoms with van der Waals surface area (Å²) in [4.78, 5) is 5.07. The quantitative estimate of drug-likeness (QED) is 0.904. The molecule has 1 aliphatic heterocycles. The van der Waals surface area contributed by atoms with Crippen LogP contribution in [-0.4, -0.2) is 48.6 Å². The lowest BCUT2D eigenvalue weighted by molar-refractivity contribution is 0.0893. The van der Waals surface area contributed by atoms with Crippen LogP contribution in [0.15, 0.2) is 24.3 Å². The molecule has 0 saturated carbocycles. The Morgan fingerprint density at radius 2 is 1.90 bits per heavy atom. The van der Waals surface area contributed by atoms with Gasteiger partial charge in [0.15, 0.2) is 0 Å². The van der Waals surface area contributed by atoms with Crippen LogP contribution in [0.4, 0.5) is 0 Å². The molecule has 118 valence electrons. The minimum Gasteiger partial charge on any atom is -0.326 e. The number of likely N-dealkylation sites (N-methyl/N-ethyl adjacent to an activating group) is 1. The summed E-state index contributed by atoms with van der Waals surface area (Å²) >= 11 is 0. The summed E-state index contributed by atoms with van der Waals surface area (Å²) in [5.41, 5.74) is 9.07. The highest BCUT2D eigenvalue weighted by Crippen LogP contribution is 2.29. The first-order chi connectivity index (χ1) is 10.0. The molecule has 1 aliphatic rings. The number of hydrogen-bond acceptors (Lipinski definition) is 3. The minimum atomic E-state index is 0.139. The maximum Gasteiger partial charge on any atom is 0.0498 e. The largest absolute Gasteiger partial charge is 0.326 e. The van der Waals surface area contributed by atoms with Crippen molar-refractivity contribution in [2.45, 2.75) is 51.7 Å². The molecule has 3 nitrogen and oxygen atoms in total. The van der Waals surface area contributed by atoms with Crippen molar-refractivity contribution in [2.24, 2.45) is 5.73 Å². The van der Waals surface area contributed by atoms with E-state index in [1.54, 1.807) is 0 Å². The van der Waals surface area contributed by atoms with Crippen molar-refractivity contribution in [1.82, 2.24) is 9.80 Å². The van der Waals surface area contributed by atoms with E-state index in [0.29, 0.717) is 12.1 Å². The number of aryl methyl sites for hydroxylation is 1. The van der Waals surface area contributed by atoms with Gasteiger partial charge < -0.3 is 10.6 Å². The molecule has 2 atom stereocenters. The Morgan fingerprint density at radius 3 is 2.43 bits per heavy atom. The van der Waals surface area contributed by atoms with Gasteiger partial charge in [0.05, 0.1) is 0 Å². The maximum absolute atomic E-state index is 6.35. The molecular formula is C18H31N3. The predicted molar refractivity (Wildman–Crippen MR) is 90.5 cm³/mol. The van der Waals surface area contributed by atoms with Gasteiger partial charge in [-0.25, -0.2) is 0 Å². The van der Waals surface area contributed by atoms with Crippen LogP contribution < -0.4 is 5.73 Å². The van der Waals surface area contributed by atoms with Gasteiger partial charge in [0.1, 0.15) is 0 Å².